The van der Waals surface area contributed by atoms with Crippen LogP contribution in [0.15, 0.2) is 0 Å². The quantitative estimate of drug-likeness (QED) is 0.695. The van der Waals surface area contributed by atoms with Crippen molar-refractivity contribution >= 4 is 8.56 Å². The molecule has 0 radical (unpaired) electrons. The van der Waals surface area contributed by atoms with Crippen molar-refractivity contribution in [3.8, 4) is 0 Å². The van der Waals surface area contributed by atoms with E-state index in [1.165, 1.54) is 6.42 Å². The SMILES string of the molecule is CC[Si]1(CCCN(C)C)OCC(C)(C)CO1. The summed E-state index contributed by atoms with van der Waals surface area (Å²) in [4.78, 5) is 2.23. The predicted octanol–water partition coefficient (Wildman–Crippen LogP) is 2.47. The lowest BCUT2D eigenvalue weighted by Crippen LogP contribution is -2.51. The Morgan fingerprint density at radius 3 is 2.19 bits per heavy atom. The molecule has 0 atom stereocenters. The van der Waals surface area contributed by atoms with Gasteiger partial charge in [-0.1, -0.05) is 20.8 Å². The molecule has 0 aromatic heterocycles. The maximum Gasteiger partial charge on any atom is 0.337 e. The standard InChI is InChI=1S/C12H27NO2Si/c1-6-16(9-7-8-13(4)5)14-10-12(2,3)11-15-16/h6-11H2,1-5H3. The van der Waals surface area contributed by atoms with Gasteiger partial charge in [0.25, 0.3) is 0 Å². The third-order valence-electron chi connectivity index (χ3n) is 3.15. The first-order chi connectivity index (χ1) is 7.39. The summed E-state index contributed by atoms with van der Waals surface area (Å²) in [5, 5.41) is 0. The van der Waals surface area contributed by atoms with Gasteiger partial charge in [-0.2, -0.15) is 0 Å². The molecule has 4 heteroatoms. The summed E-state index contributed by atoms with van der Waals surface area (Å²) < 4.78 is 12.2. The Morgan fingerprint density at radius 2 is 1.75 bits per heavy atom. The highest BCUT2D eigenvalue weighted by Gasteiger charge is 2.42. The normalized spacial score (nSPS) is 23.6. The van der Waals surface area contributed by atoms with Crippen molar-refractivity contribution in [2.45, 2.75) is 39.3 Å². The van der Waals surface area contributed by atoms with Crippen LogP contribution in [-0.2, 0) is 8.85 Å². The maximum absolute atomic E-state index is 6.11. The lowest BCUT2D eigenvalue weighted by molar-refractivity contribution is 0.0108. The molecular formula is C12H27NO2Si. The average molecular weight is 245 g/mol. The molecular weight excluding hydrogens is 218 g/mol. The molecule has 0 N–H and O–H groups in total. The van der Waals surface area contributed by atoms with Crippen LogP contribution in [0.4, 0.5) is 0 Å². The fourth-order valence-corrected chi connectivity index (χ4v) is 5.07. The largest absolute Gasteiger partial charge is 0.394 e. The Morgan fingerprint density at radius 1 is 1.19 bits per heavy atom. The number of hydrogen-bond donors (Lipinski definition) is 0. The molecule has 1 heterocycles. The summed E-state index contributed by atoms with van der Waals surface area (Å²) in [7, 11) is 2.39. The minimum absolute atomic E-state index is 0.202. The van der Waals surface area contributed by atoms with Gasteiger partial charge in [0.15, 0.2) is 0 Å². The van der Waals surface area contributed by atoms with Gasteiger partial charge in [0.1, 0.15) is 0 Å². The van der Waals surface area contributed by atoms with Gasteiger partial charge in [0.2, 0.25) is 0 Å². The van der Waals surface area contributed by atoms with Crippen LogP contribution in [0.1, 0.15) is 27.2 Å². The van der Waals surface area contributed by atoms with Gasteiger partial charge in [-0.05, 0) is 39.1 Å². The van der Waals surface area contributed by atoms with Crippen LogP contribution in [0.2, 0.25) is 12.1 Å². The first-order valence-corrected chi connectivity index (χ1v) is 8.55. The van der Waals surface area contributed by atoms with E-state index in [9.17, 15) is 0 Å². The molecule has 0 unspecified atom stereocenters. The van der Waals surface area contributed by atoms with E-state index in [-0.39, 0.29) is 5.41 Å². The van der Waals surface area contributed by atoms with E-state index in [1.807, 2.05) is 0 Å². The molecule has 0 amide bonds. The van der Waals surface area contributed by atoms with E-state index >= 15 is 0 Å². The van der Waals surface area contributed by atoms with Gasteiger partial charge in [-0.25, -0.2) is 0 Å². The van der Waals surface area contributed by atoms with Gasteiger partial charge in [0, 0.05) is 18.6 Å². The highest BCUT2D eigenvalue weighted by atomic mass is 28.4. The zero-order valence-electron chi connectivity index (χ0n) is 11.5. The molecule has 0 aromatic rings. The van der Waals surface area contributed by atoms with Crippen LogP contribution < -0.4 is 0 Å². The molecule has 0 bridgehead atoms. The Balaban J connectivity index is 2.40. The molecule has 0 spiro atoms. The molecule has 1 aliphatic heterocycles. The van der Waals surface area contributed by atoms with Crippen LogP contribution in [-0.4, -0.2) is 47.3 Å². The Hall–Kier alpha value is 0.0969. The molecule has 1 rings (SSSR count). The Labute approximate surface area is 101 Å². The molecule has 0 aliphatic carbocycles. The molecule has 1 fully saturated rings. The van der Waals surface area contributed by atoms with Gasteiger partial charge >= 0.3 is 8.56 Å². The summed E-state index contributed by atoms with van der Waals surface area (Å²) in [6.45, 7) is 9.50. The van der Waals surface area contributed by atoms with E-state index in [4.69, 9.17) is 8.85 Å². The van der Waals surface area contributed by atoms with Gasteiger partial charge < -0.3 is 13.8 Å². The van der Waals surface area contributed by atoms with Crippen LogP contribution in [0, 0.1) is 5.41 Å². The van der Waals surface area contributed by atoms with Crippen molar-refractivity contribution < 1.29 is 8.85 Å². The lowest BCUT2D eigenvalue weighted by atomic mass is 9.97. The van der Waals surface area contributed by atoms with Crippen molar-refractivity contribution in [3.63, 3.8) is 0 Å². The second-order valence-electron chi connectivity index (χ2n) is 5.91. The third-order valence-corrected chi connectivity index (χ3v) is 6.69. The van der Waals surface area contributed by atoms with E-state index in [1.54, 1.807) is 0 Å². The third kappa shape index (κ3) is 4.16. The maximum atomic E-state index is 6.11. The second kappa shape index (κ2) is 5.62. The van der Waals surface area contributed by atoms with Gasteiger partial charge in [0.05, 0.1) is 0 Å². The summed E-state index contributed by atoms with van der Waals surface area (Å²) in [5.41, 5.74) is 0.202. The lowest BCUT2D eigenvalue weighted by Gasteiger charge is -2.41. The molecule has 1 aliphatic rings. The van der Waals surface area contributed by atoms with Crippen LogP contribution in [0.5, 0.6) is 0 Å². The van der Waals surface area contributed by atoms with Crippen molar-refractivity contribution in [2.75, 3.05) is 33.9 Å². The molecule has 3 nitrogen and oxygen atoms in total. The summed E-state index contributed by atoms with van der Waals surface area (Å²) in [5.74, 6) is 0. The van der Waals surface area contributed by atoms with Crippen molar-refractivity contribution in [3.05, 3.63) is 0 Å². The zero-order valence-corrected chi connectivity index (χ0v) is 12.5. The van der Waals surface area contributed by atoms with Crippen molar-refractivity contribution in [1.82, 2.24) is 4.90 Å². The van der Waals surface area contributed by atoms with E-state index in [2.05, 4.69) is 39.8 Å². The number of hydrogen-bond acceptors (Lipinski definition) is 3. The van der Waals surface area contributed by atoms with Crippen LogP contribution in [0.3, 0.4) is 0 Å². The minimum atomic E-state index is -1.84. The molecule has 1 saturated heterocycles. The first-order valence-electron chi connectivity index (χ1n) is 6.32. The van der Waals surface area contributed by atoms with E-state index in [0.717, 1.165) is 31.8 Å². The molecule has 0 aromatic carbocycles. The predicted molar refractivity (Wildman–Crippen MR) is 69.9 cm³/mol. The highest BCUT2D eigenvalue weighted by molar-refractivity contribution is 6.67. The van der Waals surface area contributed by atoms with E-state index in [0.29, 0.717) is 0 Å². The average Bonchev–Trinajstić information content (AvgIpc) is 2.21. The minimum Gasteiger partial charge on any atom is -0.394 e. The number of rotatable bonds is 5. The van der Waals surface area contributed by atoms with Crippen LogP contribution in [0.25, 0.3) is 0 Å². The summed E-state index contributed by atoms with van der Waals surface area (Å²) >= 11 is 0. The fourth-order valence-electron chi connectivity index (χ4n) is 1.93. The number of nitrogens with zero attached hydrogens (tertiary/aromatic N) is 1. The smallest absolute Gasteiger partial charge is 0.337 e. The van der Waals surface area contributed by atoms with Crippen LogP contribution >= 0.6 is 0 Å². The summed E-state index contributed by atoms with van der Waals surface area (Å²) in [6.07, 6.45) is 1.19. The summed E-state index contributed by atoms with van der Waals surface area (Å²) in [6, 6.07) is 2.22. The van der Waals surface area contributed by atoms with Crippen molar-refractivity contribution in [1.29, 1.82) is 0 Å². The molecule has 16 heavy (non-hydrogen) atoms. The monoisotopic (exact) mass is 245 g/mol. The van der Waals surface area contributed by atoms with Gasteiger partial charge in [-0.15, -0.1) is 0 Å². The topological polar surface area (TPSA) is 21.7 Å². The zero-order chi connectivity index (χ0) is 12.2. The van der Waals surface area contributed by atoms with E-state index < -0.39 is 8.56 Å². The Kier molecular flexibility index (Phi) is 4.98. The highest BCUT2D eigenvalue weighted by Crippen LogP contribution is 2.31. The first kappa shape index (κ1) is 14.2. The second-order valence-corrected chi connectivity index (χ2v) is 9.52. The molecule has 96 valence electrons. The molecule has 0 saturated carbocycles. The van der Waals surface area contributed by atoms with Crippen molar-refractivity contribution in [2.24, 2.45) is 5.41 Å². The Bertz CT molecular complexity index is 209. The fraction of sp³-hybridized carbons (Fsp3) is 1.00. The van der Waals surface area contributed by atoms with Gasteiger partial charge in [-0.3, -0.25) is 0 Å².